The third-order valence-corrected chi connectivity index (χ3v) is 5.25. The quantitative estimate of drug-likeness (QED) is 0.843. The van der Waals surface area contributed by atoms with E-state index >= 15 is 0 Å². The van der Waals surface area contributed by atoms with Crippen molar-refractivity contribution in [3.8, 4) is 0 Å². The van der Waals surface area contributed by atoms with Crippen molar-refractivity contribution in [2.24, 2.45) is 7.05 Å². The predicted molar refractivity (Wildman–Crippen MR) is 78.9 cm³/mol. The van der Waals surface area contributed by atoms with Gasteiger partial charge in [-0.05, 0) is 18.2 Å². The summed E-state index contributed by atoms with van der Waals surface area (Å²) in [4.78, 5) is 12.2. The highest BCUT2D eigenvalue weighted by molar-refractivity contribution is 7.99. The summed E-state index contributed by atoms with van der Waals surface area (Å²) >= 11 is 1.92. The molecule has 2 saturated heterocycles. The van der Waals surface area contributed by atoms with Crippen LogP contribution in [0.25, 0.3) is 0 Å². The number of hydrogen-bond donors (Lipinski definition) is 1. The number of nitrogens with two attached hydrogens (primary N) is 1. The summed E-state index contributed by atoms with van der Waals surface area (Å²) in [7, 11) is 1.80. The van der Waals surface area contributed by atoms with Crippen molar-refractivity contribution in [3.63, 3.8) is 0 Å². The van der Waals surface area contributed by atoms with Crippen LogP contribution in [-0.2, 0) is 16.5 Å². The summed E-state index contributed by atoms with van der Waals surface area (Å²) in [5, 5.41) is 0. The SMILES string of the molecule is Cn1cc(N)cc1C(=O)OC1CCOC2(CCSC2)C1. The van der Waals surface area contributed by atoms with Crippen LogP contribution < -0.4 is 5.73 Å². The Morgan fingerprint density at radius 2 is 2.50 bits per heavy atom. The number of hydrogen-bond acceptors (Lipinski definition) is 5. The minimum atomic E-state index is -0.295. The zero-order valence-electron chi connectivity index (χ0n) is 11.6. The highest BCUT2D eigenvalue weighted by atomic mass is 32.2. The molecule has 0 bridgehead atoms. The molecule has 2 aliphatic rings. The van der Waals surface area contributed by atoms with E-state index in [1.165, 1.54) is 0 Å². The second-order valence-corrected chi connectivity index (χ2v) is 6.73. The molecule has 2 aliphatic heterocycles. The Morgan fingerprint density at radius 1 is 1.65 bits per heavy atom. The van der Waals surface area contributed by atoms with Crippen LogP contribution in [0.1, 0.15) is 29.8 Å². The van der Waals surface area contributed by atoms with Gasteiger partial charge < -0.3 is 19.8 Å². The Balaban J connectivity index is 1.65. The molecule has 6 heteroatoms. The van der Waals surface area contributed by atoms with Crippen molar-refractivity contribution in [2.45, 2.75) is 31.0 Å². The molecule has 0 aliphatic carbocycles. The van der Waals surface area contributed by atoms with E-state index in [9.17, 15) is 4.79 Å². The molecule has 2 atom stereocenters. The maximum absolute atomic E-state index is 12.2. The summed E-state index contributed by atoms with van der Waals surface area (Å²) < 4.78 is 13.3. The number of ether oxygens (including phenoxy) is 2. The zero-order valence-corrected chi connectivity index (χ0v) is 12.4. The molecule has 110 valence electrons. The molecule has 2 fully saturated rings. The Kier molecular flexibility index (Phi) is 3.69. The van der Waals surface area contributed by atoms with Gasteiger partial charge in [0.25, 0.3) is 0 Å². The number of carbonyl (C=O) groups is 1. The Bertz CT molecular complexity index is 509. The molecular formula is C14H20N2O3S. The first-order valence-electron chi connectivity index (χ1n) is 6.92. The number of nitrogen functional groups attached to an aromatic ring is 1. The molecule has 3 rings (SSSR count). The Morgan fingerprint density at radius 3 is 3.15 bits per heavy atom. The molecule has 2 N–H and O–H groups in total. The fourth-order valence-corrected chi connectivity index (χ4v) is 4.33. The third kappa shape index (κ3) is 2.67. The maximum Gasteiger partial charge on any atom is 0.355 e. The first-order chi connectivity index (χ1) is 9.58. The van der Waals surface area contributed by atoms with Gasteiger partial charge >= 0.3 is 5.97 Å². The fourth-order valence-electron chi connectivity index (χ4n) is 2.95. The number of rotatable bonds is 2. The lowest BCUT2D eigenvalue weighted by atomic mass is 9.91. The van der Waals surface area contributed by atoms with Gasteiger partial charge in [0, 0.05) is 31.8 Å². The molecule has 20 heavy (non-hydrogen) atoms. The number of thioether (sulfide) groups is 1. The summed E-state index contributed by atoms with van der Waals surface area (Å²) in [6.45, 7) is 0.674. The molecule has 5 nitrogen and oxygen atoms in total. The minimum absolute atomic E-state index is 0.0499. The van der Waals surface area contributed by atoms with E-state index in [0.29, 0.717) is 18.0 Å². The largest absolute Gasteiger partial charge is 0.457 e. The minimum Gasteiger partial charge on any atom is -0.457 e. The van der Waals surface area contributed by atoms with Gasteiger partial charge in [-0.3, -0.25) is 0 Å². The smallest absolute Gasteiger partial charge is 0.355 e. The van der Waals surface area contributed by atoms with Crippen LogP contribution in [0.3, 0.4) is 0 Å². The zero-order chi connectivity index (χ0) is 14.2. The summed E-state index contributed by atoms with van der Waals surface area (Å²) in [6, 6.07) is 1.66. The normalized spacial score (nSPS) is 29.8. The Hall–Kier alpha value is -1.14. The van der Waals surface area contributed by atoms with Crippen LogP contribution in [0.4, 0.5) is 5.69 Å². The van der Waals surface area contributed by atoms with Crippen LogP contribution in [-0.4, -0.2) is 40.4 Å². The average molecular weight is 296 g/mol. The first-order valence-corrected chi connectivity index (χ1v) is 8.08. The van der Waals surface area contributed by atoms with Crippen molar-refractivity contribution in [2.75, 3.05) is 23.8 Å². The summed E-state index contributed by atoms with van der Waals surface area (Å²) in [5.41, 5.74) is 6.71. The predicted octanol–water partition coefficient (Wildman–Crippen LogP) is 1.82. The maximum atomic E-state index is 12.2. The number of aryl methyl sites for hydroxylation is 1. The third-order valence-electron chi connectivity index (χ3n) is 4.02. The van der Waals surface area contributed by atoms with Crippen molar-refractivity contribution >= 4 is 23.4 Å². The van der Waals surface area contributed by atoms with E-state index in [0.717, 1.165) is 30.8 Å². The van der Waals surface area contributed by atoms with E-state index in [2.05, 4.69) is 0 Å². The number of aromatic nitrogens is 1. The van der Waals surface area contributed by atoms with Crippen molar-refractivity contribution in [1.29, 1.82) is 0 Å². The van der Waals surface area contributed by atoms with Gasteiger partial charge in [-0.25, -0.2) is 4.79 Å². The number of esters is 1. The summed E-state index contributed by atoms with van der Waals surface area (Å²) in [5.74, 6) is 1.85. The van der Waals surface area contributed by atoms with Crippen LogP contribution in [0, 0.1) is 0 Å². The number of nitrogens with zero attached hydrogens (tertiary/aromatic N) is 1. The van der Waals surface area contributed by atoms with Crippen LogP contribution in [0.5, 0.6) is 0 Å². The van der Waals surface area contributed by atoms with Gasteiger partial charge in [0.2, 0.25) is 0 Å². The standard InChI is InChI=1S/C14H20N2O3S/c1-16-8-10(15)6-12(16)13(17)19-11-2-4-18-14(7-11)3-5-20-9-14/h6,8,11H,2-5,7,9,15H2,1H3. The lowest BCUT2D eigenvalue weighted by molar-refractivity contribution is -0.106. The van der Waals surface area contributed by atoms with E-state index in [-0.39, 0.29) is 17.7 Å². The average Bonchev–Trinajstić information content (AvgIpc) is 2.96. The highest BCUT2D eigenvalue weighted by Gasteiger charge is 2.41. The lowest BCUT2D eigenvalue weighted by Crippen LogP contribution is -2.43. The van der Waals surface area contributed by atoms with Crippen molar-refractivity contribution < 1.29 is 14.3 Å². The number of anilines is 1. The molecule has 0 saturated carbocycles. The van der Waals surface area contributed by atoms with Crippen LogP contribution in [0.15, 0.2) is 12.3 Å². The topological polar surface area (TPSA) is 66.5 Å². The van der Waals surface area contributed by atoms with Crippen LogP contribution in [0.2, 0.25) is 0 Å². The first kappa shape index (κ1) is 13.8. The van der Waals surface area contributed by atoms with Gasteiger partial charge in [-0.15, -0.1) is 0 Å². The van der Waals surface area contributed by atoms with E-state index < -0.39 is 0 Å². The second-order valence-electron chi connectivity index (χ2n) is 5.62. The summed E-state index contributed by atoms with van der Waals surface area (Å²) in [6.07, 6.45) is 4.31. The molecule has 0 amide bonds. The van der Waals surface area contributed by atoms with Gasteiger partial charge in [0.1, 0.15) is 11.8 Å². The molecule has 3 heterocycles. The molecular weight excluding hydrogens is 276 g/mol. The van der Waals surface area contributed by atoms with Gasteiger partial charge in [-0.1, -0.05) is 0 Å². The molecule has 1 aromatic rings. The molecule has 2 unspecified atom stereocenters. The molecule has 1 spiro atoms. The fraction of sp³-hybridized carbons (Fsp3) is 0.643. The van der Waals surface area contributed by atoms with Crippen molar-refractivity contribution in [1.82, 2.24) is 4.57 Å². The Labute approximate surface area is 122 Å². The molecule has 0 aromatic carbocycles. The van der Waals surface area contributed by atoms with Gasteiger partial charge in [-0.2, -0.15) is 11.8 Å². The van der Waals surface area contributed by atoms with Crippen LogP contribution >= 0.6 is 11.8 Å². The monoisotopic (exact) mass is 296 g/mol. The van der Waals surface area contributed by atoms with Crippen molar-refractivity contribution in [3.05, 3.63) is 18.0 Å². The number of carbonyl (C=O) groups excluding carboxylic acids is 1. The second kappa shape index (κ2) is 5.33. The van der Waals surface area contributed by atoms with Gasteiger partial charge in [0.15, 0.2) is 0 Å². The molecule has 0 radical (unpaired) electrons. The van der Waals surface area contributed by atoms with Gasteiger partial charge in [0.05, 0.1) is 17.9 Å². The van der Waals surface area contributed by atoms with E-state index in [4.69, 9.17) is 15.2 Å². The molecule has 1 aromatic heterocycles. The van der Waals surface area contributed by atoms with E-state index in [1.807, 2.05) is 11.8 Å². The van der Waals surface area contributed by atoms with E-state index in [1.54, 1.807) is 23.9 Å². The lowest BCUT2D eigenvalue weighted by Gasteiger charge is -2.37. The highest BCUT2D eigenvalue weighted by Crippen LogP contribution is 2.39.